The van der Waals surface area contributed by atoms with E-state index in [4.69, 9.17) is 0 Å². The first-order valence-electron chi connectivity index (χ1n) is 7.60. The van der Waals surface area contributed by atoms with Gasteiger partial charge in [0.15, 0.2) is 0 Å². The molecule has 2 aromatic carbocycles. The number of hydrazone groups is 1. The average Bonchev–Trinajstić information content (AvgIpc) is 2.64. The molecule has 0 aromatic heterocycles. The van der Waals surface area contributed by atoms with Crippen LogP contribution in [0.4, 0.5) is 0 Å². The highest BCUT2D eigenvalue weighted by atomic mass is 16.2. The van der Waals surface area contributed by atoms with Gasteiger partial charge < -0.3 is 0 Å². The van der Waals surface area contributed by atoms with Gasteiger partial charge in [-0.1, -0.05) is 72.8 Å². The third-order valence-corrected chi connectivity index (χ3v) is 3.90. The summed E-state index contributed by atoms with van der Waals surface area (Å²) >= 11 is 0. The van der Waals surface area contributed by atoms with Crippen LogP contribution in [0.25, 0.3) is 0 Å². The Kier molecular flexibility index (Phi) is 4.48. The van der Waals surface area contributed by atoms with Crippen molar-refractivity contribution in [1.29, 1.82) is 0 Å². The van der Waals surface area contributed by atoms with E-state index in [9.17, 15) is 4.79 Å². The van der Waals surface area contributed by atoms with Crippen LogP contribution in [0.5, 0.6) is 0 Å². The highest BCUT2D eigenvalue weighted by molar-refractivity contribution is 5.94. The molecule has 114 valence electrons. The molecule has 1 atom stereocenters. The fraction of sp³-hybridized carbons (Fsp3) is 0.100. The van der Waals surface area contributed by atoms with Crippen LogP contribution < -0.4 is 5.43 Å². The molecular weight excluding hydrogens is 284 g/mol. The molecule has 0 spiro atoms. The normalized spacial score (nSPS) is 19.8. The number of allylic oxidation sites excluding steroid dienone is 4. The van der Waals surface area contributed by atoms with Crippen LogP contribution in [-0.4, -0.2) is 12.1 Å². The van der Waals surface area contributed by atoms with Gasteiger partial charge in [0, 0.05) is 11.8 Å². The van der Waals surface area contributed by atoms with Crippen molar-refractivity contribution in [1.82, 2.24) is 5.43 Å². The number of amides is 1. The summed E-state index contributed by atoms with van der Waals surface area (Å²) in [4.78, 5) is 12.1. The van der Waals surface area contributed by atoms with E-state index >= 15 is 0 Å². The van der Waals surface area contributed by atoms with Crippen LogP contribution in [0.15, 0.2) is 90.1 Å². The molecule has 0 heterocycles. The summed E-state index contributed by atoms with van der Waals surface area (Å²) in [5, 5.41) is 4.21. The maximum absolute atomic E-state index is 12.1. The summed E-state index contributed by atoms with van der Waals surface area (Å²) in [7, 11) is 0. The number of carbonyl (C=O) groups excluding carboxylic acids is 1. The monoisotopic (exact) mass is 302 g/mol. The van der Waals surface area contributed by atoms with Gasteiger partial charge in [-0.15, -0.1) is 0 Å². The summed E-state index contributed by atoms with van der Waals surface area (Å²) in [5.74, 6) is -0.208. The lowest BCUT2D eigenvalue weighted by molar-refractivity contribution is 0.0955. The molecule has 0 bridgehead atoms. The zero-order valence-electron chi connectivity index (χ0n) is 12.7. The van der Waals surface area contributed by atoms with Crippen molar-refractivity contribution >= 4 is 12.1 Å². The SMILES string of the molecule is O=C(NN=CC1(c2ccccc2)C=CC=CC1)c1ccccc1. The van der Waals surface area contributed by atoms with Crippen molar-refractivity contribution in [2.24, 2.45) is 5.10 Å². The van der Waals surface area contributed by atoms with E-state index in [1.54, 1.807) is 12.1 Å². The first kappa shape index (κ1) is 15.0. The summed E-state index contributed by atoms with van der Waals surface area (Å²) in [6, 6.07) is 19.2. The minimum Gasteiger partial charge on any atom is -0.267 e. The van der Waals surface area contributed by atoms with E-state index in [2.05, 4.69) is 34.8 Å². The molecule has 0 saturated heterocycles. The van der Waals surface area contributed by atoms with Crippen LogP contribution >= 0.6 is 0 Å². The molecule has 0 saturated carbocycles. The highest BCUT2D eigenvalue weighted by Crippen LogP contribution is 2.30. The maximum Gasteiger partial charge on any atom is 0.271 e. The third-order valence-electron chi connectivity index (χ3n) is 3.90. The smallest absolute Gasteiger partial charge is 0.267 e. The van der Waals surface area contributed by atoms with Crippen LogP contribution in [0.2, 0.25) is 0 Å². The Labute approximate surface area is 136 Å². The lowest BCUT2D eigenvalue weighted by Gasteiger charge is -2.27. The van der Waals surface area contributed by atoms with Gasteiger partial charge >= 0.3 is 0 Å². The number of nitrogens with zero attached hydrogens (tertiary/aromatic N) is 1. The van der Waals surface area contributed by atoms with Gasteiger partial charge in [-0.05, 0) is 24.1 Å². The highest BCUT2D eigenvalue weighted by Gasteiger charge is 2.27. The second kappa shape index (κ2) is 6.88. The predicted molar refractivity (Wildman–Crippen MR) is 93.4 cm³/mol. The van der Waals surface area contributed by atoms with Crippen LogP contribution in [0.1, 0.15) is 22.3 Å². The van der Waals surface area contributed by atoms with Gasteiger partial charge in [0.05, 0.1) is 5.41 Å². The maximum atomic E-state index is 12.1. The molecule has 3 heteroatoms. The van der Waals surface area contributed by atoms with Crippen molar-refractivity contribution < 1.29 is 4.79 Å². The van der Waals surface area contributed by atoms with Crippen molar-refractivity contribution in [3.8, 4) is 0 Å². The Morgan fingerprint density at radius 3 is 2.35 bits per heavy atom. The molecule has 1 unspecified atom stereocenters. The Morgan fingerprint density at radius 2 is 1.70 bits per heavy atom. The quantitative estimate of drug-likeness (QED) is 0.676. The summed E-state index contributed by atoms with van der Waals surface area (Å²) < 4.78 is 0. The van der Waals surface area contributed by atoms with Crippen molar-refractivity contribution in [2.75, 3.05) is 0 Å². The lowest BCUT2D eigenvalue weighted by atomic mass is 9.76. The first-order valence-corrected chi connectivity index (χ1v) is 7.60. The fourth-order valence-electron chi connectivity index (χ4n) is 2.63. The van der Waals surface area contributed by atoms with Gasteiger partial charge in [-0.3, -0.25) is 4.79 Å². The summed E-state index contributed by atoms with van der Waals surface area (Å²) in [5.41, 5.74) is 4.04. The Hall–Kier alpha value is -2.94. The van der Waals surface area contributed by atoms with Crippen LogP contribution in [0, 0.1) is 0 Å². The molecule has 2 aromatic rings. The molecule has 3 nitrogen and oxygen atoms in total. The minimum absolute atomic E-state index is 0.208. The Balaban J connectivity index is 1.79. The molecule has 23 heavy (non-hydrogen) atoms. The summed E-state index contributed by atoms with van der Waals surface area (Å²) in [6.45, 7) is 0. The largest absolute Gasteiger partial charge is 0.271 e. The molecule has 1 N–H and O–H groups in total. The predicted octanol–water partition coefficient (Wildman–Crippen LogP) is 3.86. The number of carbonyl (C=O) groups is 1. The third kappa shape index (κ3) is 3.46. The second-order valence-electron chi connectivity index (χ2n) is 5.46. The molecule has 1 aliphatic rings. The van der Waals surface area contributed by atoms with E-state index in [1.165, 1.54) is 0 Å². The van der Waals surface area contributed by atoms with Crippen molar-refractivity contribution in [2.45, 2.75) is 11.8 Å². The van der Waals surface area contributed by atoms with Crippen molar-refractivity contribution in [3.05, 3.63) is 96.1 Å². The summed E-state index contributed by atoms with van der Waals surface area (Å²) in [6.07, 6.45) is 10.9. The van der Waals surface area contributed by atoms with Gasteiger partial charge in [-0.25, -0.2) is 5.43 Å². The second-order valence-corrected chi connectivity index (χ2v) is 5.46. The van der Waals surface area contributed by atoms with Crippen molar-refractivity contribution in [3.63, 3.8) is 0 Å². The van der Waals surface area contributed by atoms with Crippen LogP contribution in [0.3, 0.4) is 0 Å². The van der Waals surface area contributed by atoms with Crippen LogP contribution in [-0.2, 0) is 5.41 Å². The molecule has 0 radical (unpaired) electrons. The number of hydrogen-bond donors (Lipinski definition) is 1. The van der Waals surface area contributed by atoms with E-state index in [0.717, 1.165) is 12.0 Å². The van der Waals surface area contributed by atoms with E-state index in [-0.39, 0.29) is 11.3 Å². The first-order chi connectivity index (χ1) is 11.3. The van der Waals surface area contributed by atoms with E-state index in [1.807, 2.05) is 54.8 Å². The number of benzene rings is 2. The molecule has 1 aliphatic carbocycles. The number of hydrogen-bond acceptors (Lipinski definition) is 2. The van der Waals surface area contributed by atoms with E-state index < -0.39 is 0 Å². The van der Waals surface area contributed by atoms with Gasteiger partial charge in [0.1, 0.15) is 0 Å². The lowest BCUT2D eigenvalue weighted by Crippen LogP contribution is -2.28. The molecular formula is C20H18N2O. The van der Waals surface area contributed by atoms with Gasteiger partial charge in [-0.2, -0.15) is 5.10 Å². The average molecular weight is 302 g/mol. The fourth-order valence-corrected chi connectivity index (χ4v) is 2.63. The van der Waals surface area contributed by atoms with Gasteiger partial charge in [0.2, 0.25) is 0 Å². The molecule has 1 amide bonds. The molecule has 0 aliphatic heterocycles. The zero-order chi connectivity index (χ0) is 16.0. The number of nitrogens with one attached hydrogen (secondary N) is 1. The Bertz CT molecular complexity index is 748. The Morgan fingerprint density at radius 1 is 1.00 bits per heavy atom. The topological polar surface area (TPSA) is 41.5 Å². The molecule has 0 fully saturated rings. The standard InChI is InChI=1S/C20H18N2O/c23-19(17-10-4-1-5-11-17)22-21-16-20(14-8-3-9-15-20)18-12-6-2-7-13-18/h1-14,16H,15H2,(H,22,23). The van der Waals surface area contributed by atoms with Gasteiger partial charge in [0.25, 0.3) is 5.91 Å². The zero-order valence-corrected chi connectivity index (χ0v) is 12.7. The number of rotatable bonds is 4. The minimum atomic E-state index is -0.319. The van der Waals surface area contributed by atoms with E-state index in [0.29, 0.717) is 5.56 Å². The molecule has 3 rings (SSSR count).